The molecule has 0 bridgehead atoms. The van der Waals surface area contributed by atoms with Gasteiger partial charge in [-0.1, -0.05) is 109 Å². The molecule has 0 aliphatic rings. The zero-order chi connectivity index (χ0) is 31.8. The Labute approximate surface area is 276 Å². The van der Waals surface area contributed by atoms with E-state index in [0.29, 0.717) is 5.69 Å². The maximum absolute atomic E-state index is 7.63. The molecule has 10 rings (SSSR count). The van der Waals surface area contributed by atoms with E-state index in [4.69, 9.17) is 6.57 Å². The second kappa shape index (κ2) is 10.2. The number of benzene rings is 8. The van der Waals surface area contributed by atoms with Crippen LogP contribution in [0.2, 0.25) is 0 Å². The summed E-state index contributed by atoms with van der Waals surface area (Å²) in [4.78, 5) is 3.73. The molecule has 3 nitrogen and oxygen atoms in total. The summed E-state index contributed by atoms with van der Waals surface area (Å²) in [5, 5.41) is 9.48. The minimum absolute atomic E-state index is 0.656. The Hall–Kier alpha value is -6.63. The second-order valence-electron chi connectivity index (χ2n) is 12.5. The molecule has 10 aromatic rings. The van der Waals surface area contributed by atoms with E-state index in [1.165, 1.54) is 54.7 Å². The van der Waals surface area contributed by atoms with Gasteiger partial charge in [-0.05, 0) is 81.7 Å². The van der Waals surface area contributed by atoms with Gasteiger partial charge in [-0.25, -0.2) is 4.85 Å². The molecule has 0 radical (unpaired) electrons. The molecule has 0 atom stereocenters. The number of para-hydroxylation sites is 4. The molecule has 0 aliphatic heterocycles. The maximum atomic E-state index is 7.63. The number of nitrogens with zero attached hydrogens (tertiary/aromatic N) is 3. The zero-order valence-corrected chi connectivity index (χ0v) is 25.9. The summed E-state index contributed by atoms with van der Waals surface area (Å²) in [5.74, 6) is 0. The van der Waals surface area contributed by atoms with Gasteiger partial charge in [0.1, 0.15) is 0 Å². The Morgan fingerprint density at radius 3 is 1.81 bits per heavy atom. The lowest BCUT2D eigenvalue weighted by molar-refractivity contribution is 1.18. The Morgan fingerprint density at radius 1 is 0.396 bits per heavy atom. The Morgan fingerprint density at radius 2 is 1.02 bits per heavy atom. The van der Waals surface area contributed by atoms with Gasteiger partial charge in [-0.3, -0.25) is 0 Å². The van der Waals surface area contributed by atoms with Gasteiger partial charge in [0.15, 0.2) is 5.69 Å². The van der Waals surface area contributed by atoms with Gasteiger partial charge >= 0.3 is 0 Å². The molecule has 0 saturated carbocycles. The van der Waals surface area contributed by atoms with Crippen molar-refractivity contribution in [2.75, 3.05) is 0 Å². The van der Waals surface area contributed by atoms with Gasteiger partial charge in [0.2, 0.25) is 0 Å². The van der Waals surface area contributed by atoms with E-state index in [9.17, 15) is 0 Å². The Kier molecular flexibility index (Phi) is 5.64. The number of aromatic nitrogens is 2. The van der Waals surface area contributed by atoms with Crippen LogP contribution in [0, 0.1) is 6.57 Å². The first kappa shape index (κ1) is 26.6. The van der Waals surface area contributed by atoms with Crippen LogP contribution in [0.25, 0.3) is 92.5 Å². The van der Waals surface area contributed by atoms with Gasteiger partial charge in [0.25, 0.3) is 0 Å². The van der Waals surface area contributed by atoms with Gasteiger partial charge < -0.3 is 9.13 Å². The molecule has 0 saturated heterocycles. The molecular weight excluding hydrogens is 583 g/mol. The molecule has 0 aliphatic carbocycles. The molecule has 8 aromatic carbocycles. The molecule has 3 heteroatoms. The lowest BCUT2D eigenvalue weighted by Gasteiger charge is -2.14. The van der Waals surface area contributed by atoms with Crippen LogP contribution >= 0.6 is 0 Å². The predicted molar refractivity (Wildman–Crippen MR) is 202 cm³/mol. The van der Waals surface area contributed by atoms with Gasteiger partial charge in [-0.15, -0.1) is 0 Å². The van der Waals surface area contributed by atoms with Crippen LogP contribution in [0.4, 0.5) is 5.69 Å². The summed E-state index contributed by atoms with van der Waals surface area (Å²) in [6.45, 7) is 7.63. The van der Waals surface area contributed by atoms with Crippen molar-refractivity contribution in [1.29, 1.82) is 0 Å². The van der Waals surface area contributed by atoms with Gasteiger partial charge in [0, 0.05) is 38.5 Å². The van der Waals surface area contributed by atoms with E-state index in [0.717, 1.165) is 32.9 Å². The molecule has 0 N–H and O–H groups in total. The number of hydrogen-bond donors (Lipinski definition) is 0. The van der Waals surface area contributed by atoms with Crippen molar-refractivity contribution < 1.29 is 0 Å². The molecule has 0 spiro atoms. The molecular formula is C45H27N3. The van der Waals surface area contributed by atoms with Crippen LogP contribution < -0.4 is 0 Å². The third kappa shape index (κ3) is 3.81. The molecule has 0 unspecified atom stereocenters. The van der Waals surface area contributed by atoms with Crippen molar-refractivity contribution in [2.45, 2.75) is 0 Å². The monoisotopic (exact) mass is 609 g/mol. The Bertz CT molecular complexity index is 2950. The van der Waals surface area contributed by atoms with Crippen LogP contribution in [0.15, 0.2) is 164 Å². The topological polar surface area (TPSA) is 14.2 Å². The SMILES string of the molecule is [C-]#[N+]c1ccc2ccc3ccc(-n4c5ccccc5c5cccc(-c6ccc7c(c6)c6ccccc6n7-c6ccccc6)c54)cc3c2c1. The standard InChI is InChI=1S/C45H27N3/c1-46-32-23-20-29-18-19-30-21-24-34(28-40(30)39(29)27-32)48-43-17-8-5-12-36(43)38-15-9-14-35(45(38)48)31-22-25-44-41(26-31)37-13-6-7-16-42(37)47(44)33-10-3-2-4-11-33/h2-28H. The predicted octanol–water partition coefficient (Wildman–Crippen LogP) is 12.4. The lowest BCUT2D eigenvalue weighted by atomic mass is 9.99. The number of hydrogen-bond acceptors (Lipinski definition) is 0. The highest BCUT2D eigenvalue weighted by Gasteiger charge is 2.19. The van der Waals surface area contributed by atoms with E-state index in [1.807, 2.05) is 12.1 Å². The van der Waals surface area contributed by atoms with Crippen molar-refractivity contribution in [2.24, 2.45) is 0 Å². The van der Waals surface area contributed by atoms with Crippen LogP contribution in [0.1, 0.15) is 0 Å². The van der Waals surface area contributed by atoms with Crippen LogP contribution in [0.3, 0.4) is 0 Å². The largest absolute Gasteiger partial charge is 0.309 e. The minimum atomic E-state index is 0.656. The first-order chi connectivity index (χ1) is 23.8. The minimum Gasteiger partial charge on any atom is -0.309 e. The fourth-order valence-corrected chi connectivity index (χ4v) is 7.75. The van der Waals surface area contributed by atoms with Crippen LogP contribution in [-0.2, 0) is 0 Å². The molecule has 2 heterocycles. The summed E-state index contributed by atoms with van der Waals surface area (Å²) in [5.41, 5.74) is 10.0. The first-order valence-corrected chi connectivity index (χ1v) is 16.2. The molecule has 0 fully saturated rings. The highest BCUT2D eigenvalue weighted by atomic mass is 15.0. The molecule has 2 aromatic heterocycles. The summed E-state index contributed by atoms with van der Waals surface area (Å²) >= 11 is 0. The van der Waals surface area contributed by atoms with Crippen molar-refractivity contribution in [3.63, 3.8) is 0 Å². The van der Waals surface area contributed by atoms with Crippen LogP contribution in [-0.4, -0.2) is 9.13 Å². The normalized spacial score (nSPS) is 11.7. The molecule has 48 heavy (non-hydrogen) atoms. The fourth-order valence-electron chi connectivity index (χ4n) is 7.75. The van der Waals surface area contributed by atoms with Crippen molar-refractivity contribution >= 4 is 70.8 Å². The van der Waals surface area contributed by atoms with E-state index >= 15 is 0 Å². The van der Waals surface area contributed by atoms with Crippen LogP contribution in [0.5, 0.6) is 0 Å². The summed E-state index contributed by atoms with van der Waals surface area (Å²) in [6, 6.07) is 58.7. The third-order valence-corrected chi connectivity index (χ3v) is 9.89. The van der Waals surface area contributed by atoms with E-state index < -0.39 is 0 Å². The summed E-state index contributed by atoms with van der Waals surface area (Å²) in [7, 11) is 0. The van der Waals surface area contributed by atoms with Crippen molar-refractivity contribution in [3.8, 4) is 22.5 Å². The summed E-state index contributed by atoms with van der Waals surface area (Å²) < 4.78 is 4.79. The Balaban J connectivity index is 1.27. The average Bonchev–Trinajstić information content (AvgIpc) is 3.67. The smallest absolute Gasteiger partial charge is 0.187 e. The first-order valence-electron chi connectivity index (χ1n) is 16.2. The second-order valence-corrected chi connectivity index (χ2v) is 12.5. The van der Waals surface area contributed by atoms with Gasteiger partial charge in [0.05, 0.1) is 28.6 Å². The van der Waals surface area contributed by atoms with Crippen molar-refractivity contribution in [1.82, 2.24) is 9.13 Å². The summed E-state index contributed by atoms with van der Waals surface area (Å²) in [6.07, 6.45) is 0. The molecule has 222 valence electrons. The number of rotatable bonds is 3. The quantitative estimate of drug-likeness (QED) is 0.140. The van der Waals surface area contributed by atoms with E-state index in [2.05, 4.69) is 166 Å². The lowest BCUT2D eigenvalue weighted by Crippen LogP contribution is -1.96. The van der Waals surface area contributed by atoms with E-state index in [-0.39, 0.29) is 0 Å². The highest BCUT2D eigenvalue weighted by molar-refractivity contribution is 6.16. The highest BCUT2D eigenvalue weighted by Crippen LogP contribution is 2.41. The number of fused-ring (bicyclic) bond motifs is 9. The van der Waals surface area contributed by atoms with E-state index in [1.54, 1.807) is 0 Å². The third-order valence-electron chi connectivity index (χ3n) is 9.89. The average molecular weight is 610 g/mol. The fraction of sp³-hybridized carbons (Fsp3) is 0. The zero-order valence-electron chi connectivity index (χ0n) is 25.9. The van der Waals surface area contributed by atoms with Crippen molar-refractivity contribution in [3.05, 3.63) is 175 Å². The van der Waals surface area contributed by atoms with Gasteiger partial charge in [-0.2, -0.15) is 0 Å². The molecule has 0 amide bonds. The maximum Gasteiger partial charge on any atom is 0.187 e.